The van der Waals surface area contributed by atoms with Crippen LogP contribution in [0, 0.1) is 5.41 Å². The normalized spacial score (nSPS) is 11.2. The van der Waals surface area contributed by atoms with Gasteiger partial charge in [-0.3, -0.25) is 4.79 Å². The van der Waals surface area contributed by atoms with Crippen molar-refractivity contribution in [2.45, 2.75) is 20.8 Å². The summed E-state index contributed by atoms with van der Waals surface area (Å²) in [7, 11) is 3.23. The first kappa shape index (κ1) is 14.4. The summed E-state index contributed by atoms with van der Waals surface area (Å²) < 4.78 is 4.95. The number of carbonyl (C=O) groups excluding carboxylic acids is 1. The lowest BCUT2D eigenvalue weighted by Gasteiger charge is -2.26. The average molecular weight is 251 g/mol. The highest BCUT2D eigenvalue weighted by Crippen LogP contribution is 2.27. The zero-order valence-corrected chi connectivity index (χ0v) is 11.7. The molecule has 0 radical (unpaired) electrons. The number of hydrogen-bond acceptors (Lipinski definition) is 3. The molecule has 4 nitrogen and oxygen atoms in total. The molecule has 0 fully saturated rings. The summed E-state index contributed by atoms with van der Waals surface area (Å²) >= 11 is 0. The predicted octanol–water partition coefficient (Wildman–Crippen LogP) is 2.52. The van der Waals surface area contributed by atoms with E-state index in [-0.39, 0.29) is 17.1 Å². The maximum absolute atomic E-state index is 12.1. The third-order valence-corrected chi connectivity index (χ3v) is 2.48. The minimum Gasteiger partial charge on any atom is -0.504 e. The SMILES string of the molecule is COc1ccc(C(=O)N(C)CC(C)(C)C)cc1O. The summed E-state index contributed by atoms with van der Waals surface area (Å²) in [6.07, 6.45) is 0. The van der Waals surface area contributed by atoms with Gasteiger partial charge >= 0.3 is 0 Å². The number of ether oxygens (including phenoxy) is 1. The quantitative estimate of drug-likeness (QED) is 0.898. The van der Waals surface area contributed by atoms with Gasteiger partial charge in [0.25, 0.3) is 5.91 Å². The van der Waals surface area contributed by atoms with E-state index in [0.717, 1.165) is 0 Å². The van der Waals surface area contributed by atoms with Gasteiger partial charge in [0.2, 0.25) is 0 Å². The van der Waals surface area contributed by atoms with E-state index in [1.807, 2.05) is 0 Å². The highest BCUT2D eigenvalue weighted by molar-refractivity contribution is 5.94. The number of methoxy groups -OCH3 is 1. The molecular weight excluding hydrogens is 230 g/mol. The minimum absolute atomic E-state index is 0.0208. The largest absolute Gasteiger partial charge is 0.504 e. The number of rotatable bonds is 3. The Balaban J connectivity index is 2.87. The van der Waals surface area contributed by atoms with E-state index in [4.69, 9.17) is 4.74 Å². The predicted molar refractivity (Wildman–Crippen MR) is 71.1 cm³/mol. The monoisotopic (exact) mass is 251 g/mol. The Kier molecular flexibility index (Phi) is 4.22. The standard InChI is InChI=1S/C14H21NO3/c1-14(2,3)9-15(4)13(17)10-6-7-12(18-5)11(16)8-10/h6-8,16H,9H2,1-5H3. The second kappa shape index (κ2) is 5.29. The van der Waals surface area contributed by atoms with Crippen molar-refractivity contribution in [3.63, 3.8) is 0 Å². The van der Waals surface area contributed by atoms with Crippen LogP contribution in [0.4, 0.5) is 0 Å². The summed E-state index contributed by atoms with van der Waals surface area (Å²) in [6, 6.07) is 4.67. The molecule has 1 aromatic carbocycles. The number of benzene rings is 1. The molecule has 18 heavy (non-hydrogen) atoms. The number of aromatic hydroxyl groups is 1. The van der Waals surface area contributed by atoms with Gasteiger partial charge in [-0.25, -0.2) is 0 Å². The second-order valence-electron chi connectivity index (χ2n) is 5.61. The Hall–Kier alpha value is -1.71. The van der Waals surface area contributed by atoms with Gasteiger partial charge in [-0.1, -0.05) is 20.8 Å². The van der Waals surface area contributed by atoms with Crippen LogP contribution in [0.1, 0.15) is 31.1 Å². The van der Waals surface area contributed by atoms with Crippen LogP contribution in [0.25, 0.3) is 0 Å². The van der Waals surface area contributed by atoms with Crippen molar-refractivity contribution < 1.29 is 14.6 Å². The topological polar surface area (TPSA) is 49.8 Å². The van der Waals surface area contributed by atoms with Gasteiger partial charge in [0.1, 0.15) is 0 Å². The van der Waals surface area contributed by atoms with E-state index in [1.165, 1.54) is 13.2 Å². The van der Waals surface area contributed by atoms with Crippen molar-refractivity contribution in [3.05, 3.63) is 23.8 Å². The molecule has 0 heterocycles. The second-order valence-corrected chi connectivity index (χ2v) is 5.61. The first-order chi connectivity index (χ1) is 8.24. The van der Waals surface area contributed by atoms with Crippen LogP contribution >= 0.6 is 0 Å². The van der Waals surface area contributed by atoms with Gasteiger partial charge in [0.15, 0.2) is 11.5 Å². The number of amides is 1. The van der Waals surface area contributed by atoms with Gasteiger partial charge < -0.3 is 14.7 Å². The van der Waals surface area contributed by atoms with Crippen LogP contribution in [0.3, 0.4) is 0 Å². The molecule has 0 aromatic heterocycles. The van der Waals surface area contributed by atoms with Gasteiger partial charge in [0.05, 0.1) is 7.11 Å². The van der Waals surface area contributed by atoms with E-state index >= 15 is 0 Å². The molecule has 1 N–H and O–H groups in total. The van der Waals surface area contributed by atoms with E-state index in [0.29, 0.717) is 17.9 Å². The molecule has 0 aliphatic rings. The Bertz CT molecular complexity index is 435. The van der Waals surface area contributed by atoms with Crippen molar-refractivity contribution in [3.8, 4) is 11.5 Å². The van der Waals surface area contributed by atoms with E-state index < -0.39 is 0 Å². The minimum atomic E-state index is -0.108. The molecule has 0 unspecified atom stereocenters. The highest BCUT2D eigenvalue weighted by atomic mass is 16.5. The molecule has 0 spiro atoms. The lowest BCUT2D eigenvalue weighted by molar-refractivity contribution is 0.0745. The third kappa shape index (κ3) is 3.65. The molecule has 0 aliphatic carbocycles. The summed E-state index contributed by atoms with van der Waals surface area (Å²) in [5, 5.41) is 9.66. The molecular formula is C14H21NO3. The molecule has 0 saturated carbocycles. The number of phenolic OH excluding ortho intramolecular Hbond substituents is 1. The van der Waals surface area contributed by atoms with E-state index in [2.05, 4.69) is 20.8 Å². The zero-order chi connectivity index (χ0) is 13.9. The molecule has 0 bridgehead atoms. The number of hydrogen-bond donors (Lipinski definition) is 1. The smallest absolute Gasteiger partial charge is 0.253 e. The maximum atomic E-state index is 12.1. The van der Waals surface area contributed by atoms with Crippen LogP contribution < -0.4 is 4.74 Å². The maximum Gasteiger partial charge on any atom is 0.253 e. The summed E-state index contributed by atoms with van der Waals surface area (Å²) in [6.45, 7) is 6.87. The van der Waals surface area contributed by atoms with Crippen molar-refractivity contribution in [2.75, 3.05) is 20.7 Å². The average Bonchev–Trinajstić information content (AvgIpc) is 2.25. The lowest BCUT2D eigenvalue weighted by Crippen LogP contribution is -2.34. The lowest BCUT2D eigenvalue weighted by atomic mass is 9.96. The fraction of sp³-hybridized carbons (Fsp3) is 0.500. The Morgan fingerprint density at radius 3 is 2.44 bits per heavy atom. The molecule has 0 aliphatic heterocycles. The van der Waals surface area contributed by atoms with Crippen LogP contribution in [0.15, 0.2) is 18.2 Å². The fourth-order valence-corrected chi connectivity index (χ4v) is 1.83. The Morgan fingerprint density at radius 1 is 1.39 bits per heavy atom. The van der Waals surface area contributed by atoms with Crippen molar-refractivity contribution in [1.82, 2.24) is 4.90 Å². The number of carbonyl (C=O) groups is 1. The number of phenols is 1. The summed E-state index contributed by atoms with van der Waals surface area (Å²) in [5.41, 5.74) is 0.499. The zero-order valence-electron chi connectivity index (χ0n) is 11.7. The van der Waals surface area contributed by atoms with Gasteiger partial charge in [-0.15, -0.1) is 0 Å². The van der Waals surface area contributed by atoms with Crippen molar-refractivity contribution >= 4 is 5.91 Å². The molecule has 4 heteroatoms. The first-order valence-corrected chi connectivity index (χ1v) is 5.87. The molecule has 0 atom stereocenters. The van der Waals surface area contributed by atoms with Crippen LogP contribution in [-0.2, 0) is 0 Å². The van der Waals surface area contributed by atoms with E-state index in [1.54, 1.807) is 24.1 Å². The first-order valence-electron chi connectivity index (χ1n) is 5.87. The Labute approximate surface area is 108 Å². The van der Waals surface area contributed by atoms with Gasteiger partial charge in [-0.2, -0.15) is 0 Å². The molecule has 1 amide bonds. The van der Waals surface area contributed by atoms with Crippen molar-refractivity contribution in [1.29, 1.82) is 0 Å². The Morgan fingerprint density at radius 2 is 2.00 bits per heavy atom. The highest BCUT2D eigenvalue weighted by Gasteiger charge is 2.19. The van der Waals surface area contributed by atoms with Crippen LogP contribution in [0.2, 0.25) is 0 Å². The van der Waals surface area contributed by atoms with Crippen molar-refractivity contribution in [2.24, 2.45) is 5.41 Å². The third-order valence-electron chi connectivity index (χ3n) is 2.48. The molecule has 0 saturated heterocycles. The molecule has 1 aromatic rings. The molecule has 1 rings (SSSR count). The van der Waals surface area contributed by atoms with Crippen LogP contribution in [0.5, 0.6) is 11.5 Å². The summed E-state index contributed by atoms with van der Waals surface area (Å²) in [4.78, 5) is 13.8. The van der Waals surface area contributed by atoms with Gasteiger partial charge in [-0.05, 0) is 23.6 Å². The molecule has 100 valence electrons. The van der Waals surface area contributed by atoms with Gasteiger partial charge in [0, 0.05) is 19.2 Å². The van der Waals surface area contributed by atoms with Crippen LogP contribution in [-0.4, -0.2) is 36.6 Å². The summed E-state index contributed by atoms with van der Waals surface area (Å²) in [5.74, 6) is 0.236. The fourth-order valence-electron chi connectivity index (χ4n) is 1.83. The van der Waals surface area contributed by atoms with E-state index in [9.17, 15) is 9.90 Å². The number of nitrogens with zero attached hydrogens (tertiary/aromatic N) is 1.